The van der Waals surface area contributed by atoms with Crippen LogP contribution in [0.25, 0.3) is 21.7 Å². The molecule has 3 saturated carbocycles. The van der Waals surface area contributed by atoms with E-state index in [1.54, 1.807) is 0 Å². The van der Waals surface area contributed by atoms with Crippen LogP contribution < -0.4 is 20.1 Å². The second-order valence-electron chi connectivity index (χ2n) is 15.5. The Labute approximate surface area is 323 Å². The van der Waals surface area contributed by atoms with Gasteiger partial charge in [-0.2, -0.15) is 0 Å². The monoisotopic (exact) mass is 793 g/mol. The number of aromatic nitrogens is 3. The first-order valence-electron chi connectivity index (χ1n) is 19.4. The van der Waals surface area contributed by atoms with Crippen LogP contribution in [0.5, 0.6) is 5.88 Å². The molecule has 5 heterocycles. The summed E-state index contributed by atoms with van der Waals surface area (Å²) in [6.45, 7) is -0.0102. The van der Waals surface area contributed by atoms with Crippen molar-refractivity contribution in [1.82, 2.24) is 34.8 Å². The molecule has 3 aromatic rings. The van der Waals surface area contributed by atoms with Crippen molar-refractivity contribution < 1.29 is 37.1 Å². The van der Waals surface area contributed by atoms with Gasteiger partial charge >= 0.3 is 6.09 Å². The molecule has 4 amide bonds. The van der Waals surface area contributed by atoms with Crippen LogP contribution in [0.1, 0.15) is 83.5 Å². The number of amides is 4. The van der Waals surface area contributed by atoms with Crippen molar-refractivity contribution in [2.24, 2.45) is 13.0 Å². The quantitative estimate of drug-likeness (QED) is 0.280. The first-order chi connectivity index (χ1) is 26.5. The number of sulfonamides is 1. The smallest absolute Gasteiger partial charge is 0.408 e. The number of carbonyl (C=O) groups is 4. The third-order valence-electron chi connectivity index (χ3n) is 11.4. The Kier molecular flexibility index (Phi) is 10.3. The normalized spacial score (nSPS) is 28.3. The van der Waals surface area contributed by atoms with E-state index in [-0.39, 0.29) is 31.4 Å². The lowest BCUT2D eigenvalue weighted by atomic mass is 10.0. The minimum Gasteiger partial charge on any atom is -0.471 e. The SMILES string of the molecule is Cn1ccc2nc(O[C@@H]3C[C@H]4C(=O)N[C@]5(C(=O)NS(=O)(=O)C6CC6)CC5/C=C\CCCCC[C@@H](NC(=O)OC5CCCC5)C(=O)N4C3)c(-c3cccs3)nc21. The fourth-order valence-corrected chi connectivity index (χ4v) is 10.1. The Balaban J connectivity index is 1.10. The van der Waals surface area contributed by atoms with Crippen LogP contribution in [-0.4, -0.2) is 93.3 Å². The van der Waals surface area contributed by atoms with Crippen LogP contribution in [-0.2, 0) is 36.2 Å². The van der Waals surface area contributed by atoms with Crippen molar-refractivity contribution in [3.05, 3.63) is 41.9 Å². The molecule has 3 aliphatic carbocycles. The van der Waals surface area contributed by atoms with Gasteiger partial charge in [0, 0.05) is 25.6 Å². The highest BCUT2D eigenvalue weighted by Gasteiger charge is 2.62. The number of nitrogens with zero attached hydrogens (tertiary/aromatic N) is 4. The number of hydrogen-bond acceptors (Lipinski definition) is 11. The number of thiophene rings is 1. The van der Waals surface area contributed by atoms with Gasteiger partial charge in [0.2, 0.25) is 27.7 Å². The summed E-state index contributed by atoms with van der Waals surface area (Å²) in [6.07, 6.45) is 12.1. The highest BCUT2D eigenvalue weighted by Crippen LogP contribution is 2.46. The van der Waals surface area contributed by atoms with Crippen LogP contribution in [0.15, 0.2) is 41.9 Å². The molecule has 0 radical (unpaired) electrons. The Morgan fingerprint density at radius 3 is 2.58 bits per heavy atom. The summed E-state index contributed by atoms with van der Waals surface area (Å²) >= 11 is 1.48. The van der Waals surface area contributed by atoms with E-state index in [1.807, 2.05) is 53.5 Å². The van der Waals surface area contributed by atoms with E-state index >= 15 is 0 Å². The lowest BCUT2D eigenvalue weighted by Crippen LogP contribution is -2.58. The topological polar surface area (TPSA) is 191 Å². The maximum absolute atomic E-state index is 14.6. The fourth-order valence-electron chi connectivity index (χ4n) is 8.04. The second-order valence-corrected chi connectivity index (χ2v) is 18.4. The molecule has 0 bridgehead atoms. The molecule has 5 atom stereocenters. The van der Waals surface area contributed by atoms with Crippen LogP contribution in [0, 0.1) is 5.92 Å². The van der Waals surface area contributed by atoms with E-state index in [9.17, 15) is 27.6 Å². The number of hydrogen-bond donors (Lipinski definition) is 3. The molecule has 3 aromatic heterocycles. The van der Waals surface area contributed by atoms with Crippen molar-refractivity contribution in [2.75, 3.05) is 6.54 Å². The average Bonchev–Trinajstić information content (AvgIpc) is 3.78. The number of ether oxygens (including phenoxy) is 2. The average molecular weight is 794 g/mol. The standard InChI is InChI=1S/C38H47N7O8S2/c1-44-18-17-27-32(44)41-31(30-14-9-19-54-30)34(39-27)52-25-20-29-33(46)42-38(36(48)43-55(50,51)26-15-16-26)21-23(38)10-5-3-2-4-6-13-28(35(47)45(29)22-25)40-37(49)53-24-11-7-8-12-24/h5,9-10,14,17-19,23-26,28-29H,2-4,6-8,11-13,15-16,20-22H2,1H3,(H,40,49)(H,42,46)(H,43,48)/b10-5-/t23?,25-,28-,29+,38-/m1/s1. The first-order valence-corrected chi connectivity index (χ1v) is 21.8. The molecule has 0 spiro atoms. The third-order valence-corrected chi connectivity index (χ3v) is 14.1. The van der Waals surface area contributed by atoms with Gasteiger partial charge in [-0.05, 0) is 81.7 Å². The minimum atomic E-state index is -3.89. The van der Waals surface area contributed by atoms with Crippen molar-refractivity contribution in [3.63, 3.8) is 0 Å². The molecule has 294 valence electrons. The van der Waals surface area contributed by atoms with Gasteiger partial charge < -0.3 is 29.6 Å². The molecule has 4 fully saturated rings. The number of allylic oxidation sites excluding steroid dienone is 1. The van der Waals surface area contributed by atoms with Gasteiger partial charge in [-0.15, -0.1) is 11.3 Å². The van der Waals surface area contributed by atoms with Gasteiger partial charge in [0.25, 0.3) is 5.91 Å². The van der Waals surface area contributed by atoms with E-state index in [2.05, 4.69) is 15.4 Å². The lowest BCUT2D eigenvalue weighted by Gasteiger charge is -2.30. The molecule has 55 heavy (non-hydrogen) atoms. The maximum Gasteiger partial charge on any atom is 0.408 e. The molecule has 1 saturated heterocycles. The fraction of sp³-hybridized carbons (Fsp3) is 0.579. The molecule has 5 aliphatic rings. The molecule has 8 rings (SSSR count). The number of fused-ring (bicyclic) bond motifs is 3. The van der Waals surface area contributed by atoms with Crippen LogP contribution in [0.4, 0.5) is 4.79 Å². The summed E-state index contributed by atoms with van der Waals surface area (Å²) < 4.78 is 42.1. The summed E-state index contributed by atoms with van der Waals surface area (Å²) in [5.74, 6) is -2.02. The van der Waals surface area contributed by atoms with Gasteiger partial charge in [-0.25, -0.2) is 23.2 Å². The summed E-state index contributed by atoms with van der Waals surface area (Å²) in [5, 5.41) is 7.03. The zero-order valence-electron chi connectivity index (χ0n) is 30.8. The Bertz CT molecular complexity index is 2090. The molecule has 3 N–H and O–H groups in total. The summed E-state index contributed by atoms with van der Waals surface area (Å²) in [5.41, 5.74) is 0.316. The summed E-state index contributed by atoms with van der Waals surface area (Å²) in [4.78, 5) is 67.9. The molecule has 17 heteroatoms. The summed E-state index contributed by atoms with van der Waals surface area (Å²) in [6, 6.07) is 3.58. The van der Waals surface area contributed by atoms with Crippen LogP contribution in [0.2, 0.25) is 0 Å². The van der Waals surface area contributed by atoms with Gasteiger partial charge in [0.1, 0.15) is 41.0 Å². The molecule has 1 unspecified atom stereocenters. The number of aryl methyl sites for hydroxylation is 1. The van der Waals surface area contributed by atoms with Crippen molar-refractivity contribution in [1.29, 1.82) is 0 Å². The first kappa shape index (κ1) is 37.4. The number of rotatable bonds is 8. The predicted molar refractivity (Wildman–Crippen MR) is 203 cm³/mol. The molecule has 15 nitrogen and oxygen atoms in total. The van der Waals surface area contributed by atoms with E-state index in [0.717, 1.165) is 43.4 Å². The van der Waals surface area contributed by atoms with Crippen molar-refractivity contribution in [3.8, 4) is 16.5 Å². The molecule has 2 aliphatic heterocycles. The van der Waals surface area contributed by atoms with E-state index in [0.29, 0.717) is 49.0 Å². The van der Waals surface area contributed by atoms with Crippen molar-refractivity contribution >= 4 is 56.3 Å². The largest absolute Gasteiger partial charge is 0.471 e. The Morgan fingerprint density at radius 2 is 1.82 bits per heavy atom. The highest BCUT2D eigenvalue weighted by atomic mass is 32.2. The lowest BCUT2D eigenvalue weighted by molar-refractivity contribution is -0.141. The third kappa shape index (κ3) is 7.95. The van der Waals surface area contributed by atoms with Crippen LogP contribution >= 0.6 is 11.3 Å². The predicted octanol–water partition coefficient (Wildman–Crippen LogP) is 4.09. The number of carbonyl (C=O) groups excluding carboxylic acids is 4. The zero-order chi connectivity index (χ0) is 38.3. The minimum absolute atomic E-state index is 0.0102. The maximum atomic E-state index is 14.6. The summed E-state index contributed by atoms with van der Waals surface area (Å²) in [7, 11) is -2.01. The van der Waals surface area contributed by atoms with E-state index in [1.165, 1.54) is 16.2 Å². The van der Waals surface area contributed by atoms with Gasteiger partial charge in [0.05, 0.1) is 16.7 Å². The number of alkyl carbamates (subject to hydrolysis) is 1. The van der Waals surface area contributed by atoms with E-state index < -0.39 is 68.7 Å². The number of nitrogens with one attached hydrogen (secondary N) is 3. The van der Waals surface area contributed by atoms with Gasteiger partial charge in [-0.1, -0.05) is 31.1 Å². The van der Waals surface area contributed by atoms with E-state index in [4.69, 9.17) is 19.4 Å². The van der Waals surface area contributed by atoms with Gasteiger partial charge in [-0.3, -0.25) is 19.1 Å². The highest BCUT2D eigenvalue weighted by molar-refractivity contribution is 7.91. The zero-order valence-corrected chi connectivity index (χ0v) is 32.4. The molecular weight excluding hydrogens is 747 g/mol. The van der Waals surface area contributed by atoms with Crippen LogP contribution in [0.3, 0.4) is 0 Å². The van der Waals surface area contributed by atoms with Crippen molar-refractivity contribution in [2.45, 2.75) is 119 Å². The van der Waals surface area contributed by atoms with Gasteiger partial charge in [0.15, 0.2) is 5.65 Å². The Hall–Kier alpha value is -4.51. The Morgan fingerprint density at radius 1 is 1.02 bits per heavy atom. The molecular formula is C38H47N7O8S2. The second kappa shape index (κ2) is 15.2. The molecule has 0 aromatic carbocycles.